The molecule has 0 radical (unpaired) electrons. The van der Waals surface area contributed by atoms with Crippen molar-refractivity contribution < 1.29 is 13.9 Å². The van der Waals surface area contributed by atoms with E-state index in [9.17, 15) is 4.79 Å². The van der Waals surface area contributed by atoms with Crippen LogP contribution in [0.5, 0.6) is 0 Å². The highest BCUT2D eigenvalue weighted by molar-refractivity contribution is 5.74. The summed E-state index contributed by atoms with van der Waals surface area (Å²) in [6.07, 6.45) is 1.63. The molecule has 1 fully saturated rings. The van der Waals surface area contributed by atoms with Crippen molar-refractivity contribution in [1.82, 2.24) is 5.32 Å². The van der Waals surface area contributed by atoms with E-state index in [0.29, 0.717) is 6.54 Å². The lowest BCUT2D eigenvalue weighted by Crippen LogP contribution is -2.22. The van der Waals surface area contributed by atoms with E-state index in [1.54, 1.807) is 6.26 Å². The molecule has 1 aliphatic heterocycles. The second-order valence-corrected chi connectivity index (χ2v) is 3.41. The molecule has 0 spiro atoms. The first-order valence-electron chi connectivity index (χ1n) is 4.65. The Labute approximate surface area is 82.2 Å². The fourth-order valence-electron chi connectivity index (χ4n) is 1.88. The van der Waals surface area contributed by atoms with Crippen LogP contribution in [0.15, 0.2) is 22.8 Å². The Hall–Kier alpha value is -1.29. The van der Waals surface area contributed by atoms with E-state index in [2.05, 4.69) is 5.32 Å². The summed E-state index contributed by atoms with van der Waals surface area (Å²) in [6, 6.07) is 3.73. The van der Waals surface area contributed by atoms with Gasteiger partial charge in [0, 0.05) is 19.0 Å². The quantitative estimate of drug-likeness (QED) is 0.708. The molecule has 1 saturated heterocycles. The van der Waals surface area contributed by atoms with Crippen molar-refractivity contribution in [2.24, 2.45) is 5.92 Å². The van der Waals surface area contributed by atoms with E-state index in [1.807, 2.05) is 12.1 Å². The van der Waals surface area contributed by atoms with Crippen LogP contribution in [0.25, 0.3) is 0 Å². The van der Waals surface area contributed by atoms with Gasteiger partial charge in [-0.2, -0.15) is 0 Å². The molecular weight excluding hydrogens is 182 g/mol. The zero-order valence-corrected chi connectivity index (χ0v) is 8.03. The molecule has 1 aliphatic rings. The maximum Gasteiger partial charge on any atom is 0.310 e. The molecule has 76 valence electrons. The van der Waals surface area contributed by atoms with Gasteiger partial charge in [-0.3, -0.25) is 4.79 Å². The lowest BCUT2D eigenvalue weighted by molar-refractivity contribution is -0.145. The highest BCUT2D eigenvalue weighted by Crippen LogP contribution is 2.28. The summed E-state index contributed by atoms with van der Waals surface area (Å²) in [4.78, 5) is 11.4. The number of ether oxygens (including phenoxy) is 1. The third kappa shape index (κ3) is 1.53. The summed E-state index contributed by atoms with van der Waals surface area (Å²) in [5, 5.41) is 3.17. The number of hydrogen-bond donors (Lipinski definition) is 1. The normalized spacial score (nSPS) is 26.4. The number of nitrogens with one attached hydrogen (secondary N) is 1. The Bertz CT molecular complexity index is 307. The Kier molecular flexibility index (Phi) is 2.54. The minimum atomic E-state index is -0.170. The molecule has 0 aromatic carbocycles. The second-order valence-electron chi connectivity index (χ2n) is 3.41. The largest absolute Gasteiger partial charge is 0.469 e. The van der Waals surface area contributed by atoms with Crippen molar-refractivity contribution >= 4 is 5.97 Å². The van der Waals surface area contributed by atoms with E-state index in [-0.39, 0.29) is 17.8 Å². The number of methoxy groups -OCH3 is 1. The van der Waals surface area contributed by atoms with E-state index < -0.39 is 0 Å². The van der Waals surface area contributed by atoms with Crippen molar-refractivity contribution in [2.75, 3.05) is 20.2 Å². The Morgan fingerprint density at radius 1 is 1.64 bits per heavy atom. The highest BCUT2D eigenvalue weighted by Gasteiger charge is 2.36. The van der Waals surface area contributed by atoms with Crippen LogP contribution >= 0.6 is 0 Å². The molecule has 0 saturated carbocycles. The fraction of sp³-hybridized carbons (Fsp3) is 0.500. The molecule has 2 heterocycles. The van der Waals surface area contributed by atoms with Gasteiger partial charge in [-0.05, 0) is 12.1 Å². The maximum absolute atomic E-state index is 11.4. The van der Waals surface area contributed by atoms with Gasteiger partial charge in [0.05, 0.1) is 19.3 Å². The monoisotopic (exact) mass is 195 g/mol. The number of rotatable bonds is 2. The third-order valence-corrected chi connectivity index (χ3v) is 2.63. The van der Waals surface area contributed by atoms with Crippen molar-refractivity contribution in [2.45, 2.75) is 5.92 Å². The average Bonchev–Trinajstić information content (AvgIpc) is 2.85. The summed E-state index contributed by atoms with van der Waals surface area (Å²) in [5.41, 5.74) is 0. The molecule has 1 aromatic heterocycles. The lowest BCUT2D eigenvalue weighted by atomic mass is 9.94. The molecule has 0 amide bonds. The molecular formula is C10H13NO3. The van der Waals surface area contributed by atoms with Crippen LogP contribution in [-0.2, 0) is 9.53 Å². The van der Waals surface area contributed by atoms with Crippen LogP contribution in [0.1, 0.15) is 11.7 Å². The zero-order chi connectivity index (χ0) is 9.97. The number of esters is 1. The number of furan rings is 1. The van der Waals surface area contributed by atoms with Gasteiger partial charge < -0.3 is 14.5 Å². The topological polar surface area (TPSA) is 51.5 Å². The summed E-state index contributed by atoms with van der Waals surface area (Å²) in [7, 11) is 1.42. The van der Waals surface area contributed by atoms with Gasteiger partial charge in [-0.1, -0.05) is 0 Å². The average molecular weight is 195 g/mol. The molecule has 0 bridgehead atoms. The molecule has 1 N–H and O–H groups in total. The molecule has 4 heteroatoms. The summed E-state index contributed by atoms with van der Waals surface area (Å²) >= 11 is 0. The van der Waals surface area contributed by atoms with E-state index in [1.165, 1.54) is 7.11 Å². The van der Waals surface area contributed by atoms with E-state index in [4.69, 9.17) is 9.15 Å². The molecule has 0 aliphatic carbocycles. The van der Waals surface area contributed by atoms with E-state index >= 15 is 0 Å². The van der Waals surface area contributed by atoms with Gasteiger partial charge in [0.2, 0.25) is 0 Å². The van der Waals surface area contributed by atoms with Crippen LogP contribution in [-0.4, -0.2) is 26.2 Å². The third-order valence-electron chi connectivity index (χ3n) is 2.63. The van der Waals surface area contributed by atoms with Crippen LogP contribution in [0, 0.1) is 5.92 Å². The van der Waals surface area contributed by atoms with Crippen molar-refractivity contribution in [3.63, 3.8) is 0 Å². The lowest BCUT2D eigenvalue weighted by Gasteiger charge is -2.13. The maximum atomic E-state index is 11.4. The first kappa shape index (κ1) is 9.27. The smallest absolute Gasteiger partial charge is 0.310 e. The first-order chi connectivity index (χ1) is 6.83. The first-order valence-corrected chi connectivity index (χ1v) is 4.65. The van der Waals surface area contributed by atoms with Gasteiger partial charge in [0.1, 0.15) is 5.76 Å². The fourth-order valence-corrected chi connectivity index (χ4v) is 1.88. The van der Waals surface area contributed by atoms with Crippen LogP contribution in [0.3, 0.4) is 0 Å². The predicted molar refractivity (Wildman–Crippen MR) is 49.8 cm³/mol. The summed E-state index contributed by atoms with van der Waals surface area (Å²) < 4.78 is 10.0. The number of carbonyl (C=O) groups is 1. The molecule has 0 unspecified atom stereocenters. The summed E-state index contributed by atoms with van der Waals surface area (Å²) in [6.45, 7) is 1.44. The van der Waals surface area contributed by atoms with Crippen LogP contribution < -0.4 is 5.32 Å². The van der Waals surface area contributed by atoms with Gasteiger partial charge in [-0.25, -0.2) is 0 Å². The minimum Gasteiger partial charge on any atom is -0.469 e. The van der Waals surface area contributed by atoms with E-state index in [0.717, 1.165) is 12.3 Å². The van der Waals surface area contributed by atoms with Gasteiger partial charge >= 0.3 is 5.97 Å². The predicted octanol–water partition coefficient (Wildman–Crippen LogP) is 0.756. The molecule has 2 atom stereocenters. The molecule has 4 nitrogen and oxygen atoms in total. The zero-order valence-electron chi connectivity index (χ0n) is 8.03. The minimum absolute atomic E-state index is 0.109. The van der Waals surface area contributed by atoms with Gasteiger partial charge in [0.25, 0.3) is 0 Å². The number of carbonyl (C=O) groups excluding carboxylic acids is 1. The van der Waals surface area contributed by atoms with Crippen molar-refractivity contribution in [1.29, 1.82) is 0 Å². The Morgan fingerprint density at radius 3 is 3.14 bits per heavy atom. The second kappa shape index (κ2) is 3.84. The summed E-state index contributed by atoms with van der Waals surface area (Å²) in [5.74, 6) is 0.672. The van der Waals surface area contributed by atoms with Crippen LogP contribution in [0.4, 0.5) is 0 Å². The van der Waals surface area contributed by atoms with Crippen molar-refractivity contribution in [3.05, 3.63) is 24.2 Å². The van der Waals surface area contributed by atoms with Gasteiger partial charge in [-0.15, -0.1) is 0 Å². The molecule has 1 aromatic rings. The standard InChI is InChI=1S/C10H13NO3/c1-13-10(12)8-6-11-5-7(8)9-3-2-4-14-9/h2-4,7-8,11H,5-6H2,1H3/t7-,8-/m0/s1. The Morgan fingerprint density at radius 2 is 2.50 bits per heavy atom. The Balaban J connectivity index is 2.15. The molecule has 14 heavy (non-hydrogen) atoms. The van der Waals surface area contributed by atoms with Crippen molar-refractivity contribution in [3.8, 4) is 0 Å². The van der Waals surface area contributed by atoms with Crippen LogP contribution in [0.2, 0.25) is 0 Å². The number of hydrogen-bond acceptors (Lipinski definition) is 4. The SMILES string of the molecule is COC(=O)[C@H]1CNC[C@@H]1c1ccco1. The highest BCUT2D eigenvalue weighted by atomic mass is 16.5. The van der Waals surface area contributed by atoms with Gasteiger partial charge in [0.15, 0.2) is 0 Å². The molecule has 2 rings (SSSR count).